The molecule has 3 rings (SSSR count). The number of methoxy groups -OCH3 is 1. The highest BCUT2D eigenvalue weighted by molar-refractivity contribution is 7.80. The molecule has 0 aliphatic rings. The molecule has 0 saturated carbocycles. The van der Waals surface area contributed by atoms with Gasteiger partial charge in [-0.25, -0.2) is 0 Å². The van der Waals surface area contributed by atoms with Crippen molar-refractivity contribution in [3.8, 4) is 17.1 Å². The topological polar surface area (TPSA) is 63.5 Å². The van der Waals surface area contributed by atoms with Crippen LogP contribution in [0.25, 0.3) is 17.4 Å². The Hall–Kier alpha value is -2.80. The van der Waals surface area contributed by atoms with Gasteiger partial charge in [-0.1, -0.05) is 35.3 Å². The zero-order valence-corrected chi connectivity index (χ0v) is 17.6. The van der Waals surface area contributed by atoms with E-state index in [1.54, 1.807) is 49.6 Å². The molecule has 0 atom stereocenters. The minimum absolute atomic E-state index is 0.150. The Balaban J connectivity index is 1.61. The maximum absolute atomic E-state index is 12.1. The van der Waals surface area contributed by atoms with Crippen molar-refractivity contribution in [2.45, 2.75) is 0 Å². The number of para-hydroxylation sites is 2. The van der Waals surface area contributed by atoms with Crippen LogP contribution in [0.5, 0.6) is 5.75 Å². The van der Waals surface area contributed by atoms with Gasteiger partial charge < -0.3 is 14.5 Å². The van der Waals surface area contributed by atoms with E-state index >= 15 is 0 Å². The van der Waals surface area contributed by atoms with Crippen LogP contribution < -0.4 is 15.4 Å². The first-order valence-corrected chi connectivity index (χ1v) is 9.61. The van der Waals surface area contributed by atoms with Crippen molar-refractivity contribution in [2.24, 2.45) is 0 Å². The van der Waals surface area contributed by atoms with Crippen LogP contribution in [0.15, 0.2) is 65.1 Å². The van der Waals surface area contributed by atoms with Crippen LogP contribution in [-0.4, -0.2) is 18.1 Å². The van der Waals surface area contributed by atoms with Gasteiger partial charge in [-0.2, -0.15) is 0 Å². The Labute approximate surface area is 183 Å². The van der Waals surface area contributed by atoms with Gasteiger partial charge in [-0.15, -0.1) is 0 Å². The van der Waals surface area contributed by atoms with E-state index in [1.165, 1.54) is 12.2 Å². The molecule has 0 saturated heterocycles. The zero-order valence-electron chi connectivity index (χ0n) is 15.2. The minimum atomic E-state index is -0.403. The normalized spacial score (nSPS) is 10.7. The van der Waals surface area contributed by atoms with Gasteiger partial charge >= 0.3 is 0 Å². The second kappa shape index (κ2) is 9.60. The summed E-state index contributed by atoms with van der Waals surface area (Å²) in [6.45, 7) is 0. The highest BCUT2D eigenvalue weighted by atomic mass is 35.5. The predicted molar refractivity (Wildman–Crippen MR) is 121 cm³/mol. The maximum Gasteiger partial charge on any atom is 0.250 e. The summed E-state index contributed by atoms with van der Waals surface area (Å²) in [5.41, 5.74) is 1.36. The van der Waals surface area contributed by atoms with E-state index in [1.807, 2.05) is 12.1 Å². The Morgan fingerprint density at radius 3 is 2.69 bits per heavy atom. The summed E-state index contributed by atoms with van der Waals surface area (Å²) in [4.78, 5) is 12.1. The summed E-state index contributed by atoms with van der Waals surface area (Å²) < 4.78 is 10.9. The second-order valence-corrected chi connectivity index (χ2v) is 7.06. The van der Waals surface area contributed by atoms with Crippen LogP contribution in [0.2, 0.25) is 10.0 Å². The number of hydrogen-bond acceptors (Lipinski definition) is 4. The quantitative estimate of drug-likeness (QED) is 0.383. The number of hydrogen-bond donors (Lipinski definition) is 2. The highest BCUT2D eigenvalue weighted by Crippen LogP contribution is 2.31. The first-order chi connectivity index (χ1) is 14.0. The lowest BCUT2D eigenvalue weighted by atomic mass is 10.2. The maximum atomic E-state index is 12.1. The average molecular weight is 447 g/mol. The van der Waals surface area contributed by atoms with Crippen LogP contribution in [0.1, 0.15) is 5.76 Å². The monoisotopic (exact) mass is 446 g/mol. The Bertz CT molecular complexity index is 1080. The van der Waals surface area contributed by atoms with Crippen LogP contribution in [0, 0.1) is 0 Å². The fourth-order valence-electron chi connectivity index (χ4n) is 2.49. The number of furan rings is 1. The van der Waals surface area contributed by atoms with E-state index in [0.717, 1.165) is 0 Å². The number of halogens is 2. The van der Waals surface area contributed by atoms with Crippen LogP contribution in [-0.2, 0) is 4.79 Å². The molecule has 1 heterocycles. The molecule has 2 N–H and O–H groups in total. The molecule has 1 aromatic heterocycles. The molecule has 0 radical (unpaired) electrons. The van der Waals surface area contributed by atoms with E-state index in [-0.39, 0.29) is 5.11 Å². The van der Waals surface area contributed by atoms with Gasteiger partial charge in [0.15, 0.2) is 5.11 Å². The summed E-state index contributed by atoms with van der Waals surface area (Å²) >= 11 is 17.3. The Morgan fingerprint density at radius 1 is 1.14 bits per heavy atom. The van der Waals surface area contributed by atoms with E-state index in [2.05, 4.69) is 10.6 Å². The minimum Gasteiger partial charge on any atom is -0.495 e. The van der Waals surface area contributed by atoms with Gasteiger partial charge in [-0.3, -0.25) is 10.1 Å². The number of amides is 1. The van der Waals surface area contributed by atoms with Crippen molar-refractivity contribution in [3.63, 3.8) is 0 Å². The highest BCUT2D eigenvalue weighted by Gasteiger charge is 2.09. The SMILES string of the molecule is COc1ccccc1NC(=S)NC(=O)/C=C/c1ccc(-c2ccc(Cl)cc2Cl)o1. The second-order valence-electron chi connectivity index (χ2n) is 5.80. The fraction of sp³-hybridized carbons (Fsp3) is 0.0476. The molecule has 148 valence electrons. The molecule has 5 nitrogen and oxygen atoms in total. The van der Waals surface area contributed by atoms with Gasteiger partial charge in [0.05, 0.1) is 17.8 Å². The van der Waals surface area contributed by atoms with E-state index in [4.69, 9.17) is 44.6 Å². The number of carbonyl (C=O) groups excluding carboxylic acids is 1. The van der Waals surface area contributed by atoms with E-state index in [9.17, 15) is 4.79 Å². The standard InChI is InChI=1S/C21H16Cl2N2O3S/c1-27-19-5-3-2-4-17(19)24-21(29)25-20(26)11-8-14-7-10-18(28-14)15-9-6-13(22)12-16(15)23/h2-12H,1H3,(H2,24,25,26,29)/b11-8+. The number of thiocarbonyl (C=S) groups is 1. The van der Waals surface area contributed by atoms with E-state index in [0.29, 0.717) is 38.6 Å². The molecule has 0 bridgehead atoms. The summed E-state index contributed by atoms with van der Waals surface area (Å²) in [7, 11) is 1.56. The lowest BCUT2D eigenvalue weighted by molar-refractivity contribution is -0.115. The number of benzene rings is 2. The van der Waals surface area contributed by atoms with Gasteiger partial charge in [0.25, 0.3) is 0 Å². The average Bonchev–Trinajstić information content (AvgIpc) is 3.15. The predicted octanol–water partition coefficient (Wildman–Crippen LogP) is 5.79. The van der Waals surface area contributed by atoms with Gasteiger partial charge in [-0.05, 0) is 60.8 Å². The van der Waals surface area contributed by atoms with Crippen LogP contribution in [0.3, 0.4) is 0 Å². The third-order valence-electron chi connectivity index (χ3n) is 3.81. The van der Waals surface area contributed by atoms with Crippen molar-refractivity contribution < 1.29 is 13.9 Å². The van der Waals surface area contributed by atoms with Gasteiger partial charge in [0.2, 0.25) is 5.91 Å². The summed E-state index contributed by atoms with van der Waals surface area (Å²) in [5, 5.41) is 6.66. The molecule has 0 aliphatic carbocycles. The summed E-state index contributed by atoms with van der Waals surface area (Å²) in [6.07, 6.45) is 2.86. The van der Waals surface area contributed by atoms with Crippen molar-refractivity contribution in [1.82, 2.24) is 5.32 Å². The fourth-order valence-corrected chi connectivity index (χ4v) is 3.20. The molecule has 3 aromatic rings. The molecule has 0 spiro atoms. The van der Waals surface area contributed by atoms with Crippen LogP contribution >= 0.6 is 35.4 Å². The smallest absolute Gasteiger partial charge is 0.250 e. The van der Waals surface area contributed by atoms with Crippen LogP contribution in [0.4, 0.5) is 5.69 Å². The summed E-state index contributed by atoms with van der Waals surface area (Å²) in [5.74, 6) is 1.27. The third kappa shape index (κ3) is 5.60. The molecule has 0 fully saturated rings. The van der Waals surface area contributed by atoms with Gasteiger partial charge in [0.1, 0.15) is 17.3 Å². The number of anilines is 1. The molecular formula is C21H16Cl2N2O3S. The van der Waals surface area contributed by atoms with Crippen molar-refractivity contribution in [3.05, 3.63) is 76.5 Å². The Kier molecular flexibility index (Phi) is 6.93. The molecular weight excluding hydrogens is 431 g/mol. The molecule has 2 aromatic carbocycles. The largest absolute Gasteiger partial charge is 0.495 e. The Morgan fingerprint density at radius 2 is 1.93 bits per heavy atom. The van der Waals surface area contributed by atoms with Crippen molar-refractivity contribution in [2.75, 3.05) is 12.4 Å². The molecule has 8 heteroatoms. The number of rotatable bonds is 5. The van der Waals surface area contributed by atoms with Crippen molar-refractivity contribution in [1.29, 1.82) is 0 Å². The summed E-state index contributed by atoms with van der Waals surface area (Å²) in [6, 6.07) is 15.9. The number of nitrogens with one attached hydrogen (secondary N) is 2. The lowest BCUT2D eigenvalue weighted by Crippen LogP contribution is -2.32. The van der Waals surface area contributed by atoms with Gasteiger partial charge in [0, 0.05) is 16.7 Å². The first kappa shape index (κ1) is 20.9. The van der Waals surface area contributed by atoms with E-state index < -0.39 is 5.91 Å². The molecule has 29 heavy (non-hydrogen) atoms. The zero-order chi connectivity index (χ0) is 20.8. The number of carbonyl (C=O) groups is 1. The van der Waals surface area contributed by atoms with Crippen molar-refractivity contribution >= 4 is 58.2 Å². The first-order valence-electron chi connectivity index (χ1n) is 8.44. The third-order valence-corrected chi connectivity index (χ3v) is 4.57. The lowest BCUT2D eigenvalue weighted by Gasteiger charge is -2.11. The molecule has 0 unspecified atom stereocenters. The molecule has 0 aliphatic heterocycles. The number of ether oxygens (including phenoxy) is 1. The molecule has 1 amide bonds.